The molecule has 3 aromatic heterocycles. The molecule has 0 unspecified atom stereocenters. The molecular weight excluding hydrogens is 428 g/mol. The topological polar surface area (TPSA) is 92.5 Å². The van der Waals surface area contributed by atoms with E-state index in [2.05, 4.69) is 59.6 Å². The molecule has 4 N–H and O–H groups in total. The second kappa shape index (κ2) is 7.57. The first-order chi connectivity index (χ1) is 14.2. The molecule has 7 heteroatoms. The lowest BCUT2D eigenvalue weighted by molar-refractivity contribution is 0.453. The van der Waals surface area contributed by atoms with Gasteiger partial charge < -0.3 is 11.1 Å². The van der Waals surface area contributed by atoms with E-state index in [1.54, 1.807) is 0 Å². The van der Waals surface area contributed by atoms with E-state index in [0.717, 1.165) is 63.6 Å². The van der Waals surface area contributed by atoms with Crippen LogP contribution < -0.4 is 11.1 Å². The zero-order valence-electron chi connectivity index (χ0n) is 15.8. The molecule has 0 spiro atoms. The lowest BCUT2D eigenvalue weighted by Gasteiger charge is -2.22. The molecule has 0 atom stereocenters. The van der Waals surface area contributed by atoms with Gasteiger partial charge in [-0.05, 0) is 49.5 Å². The highest BCUT2D eigenvalue weighted by Crippen LogP contribution is 2.35. The van der Waals surface area contributed by atoms with Gasteiger partial charge in [-0.2, -0.15) is 5.10 Å². The lowest BCUT2D eigenvalue weighted by Crippen LogP contribution is -2.27. The SMILES string of the molecule is Nc1ncc(-c2cn[nH]c2C2CCNCC2)cc1-c1cc2cccc(Br)c2cn1. The van der Waals surface area contributed by atoms with Crippen molar-refractivity contribution in [2.24, 2.45) is 0 Å². The van der Waals surface area contributed by atoms with Crippen molar-refractivity contribution in [2.45, 2.75) is 18.8 Å². The quantitative estimate of drug-likeness (QED) is 0.429. The average Bonchev–Trinajstić information content (AvgIpc) is 3.25. The number of nitrogens with two attached hydrogens (primary N) is 1. The van der Waals surface area contributed by atoms with Gasteiger partial charge in [-0.15, -0.1) is 0 Å². The van der Waals surface area contributed by atoms with Gasteiger partial charge in [-0.3, -0.25) is 10.1 Å². The predicted octanol–water partition coefficient (Wildman–Crippen LogP) is 4.50. The number of aromatic amines is 1. The van der Waals surface area contributed by atoms with Crippen molar-refractivity contribution in [3.05, 3.63) is 59.1 Å². The van der Waals surface area contributed by atoms with E-state index in [1.807, 2.05) is 30.7 Å². The molecule has 0 saturated carbocycles. The lowest BCUT2D eigenvalue weighted by atomic mass is 9.90. The second-order valence-electron chi connectivity index (χ2n) is 7.41. The first kappa shape index (κ1) is 18.3. The van der Waals surface area contributed by atoms with Crippen molar-refractivity contribution in [3.8, 4) is 22.4 Å². The number of nitrogen functional groups attached to an aromatic ring is 1. The molecule has 0 aliphatic carbocycles. The molecule has 4 aromatic rings. The Morgan fingerprint density at radius 2 is 1.86 bits per heavy atom. The van der Waals surface area contributed by atoms with E-state index in [-0.39, 0.29) is 0 Å². The number of hydrogen-bond acceptors (Lipinski definition) is 5. The van der Waals surface area contributed by atoms with Crippen LogP contribution in [0.15, 0.2) is 53.4 Å². The third-order valence-corrected chi connectivity index (χ3v) is 6.32. The van der Waals surface area contributed by atoms with Gasteiger partial charge in [-0.1, -0.05) is 28.1 Å². The van der Waals surface area contributed by atoms with Crippen molar-refractivity contribution in [2.75, 3.05) is 18.8 Å². The highest BCUT2D eigenvalue weighted by atomic mass is 79.9. The van der Waals surface area contributed by atoms with Crippen LogP contribution in [0, 0.1) is 0 Å². The Balaban J connectivity index is 1.58. The monoisotopic (exact) mass is 448 g/mol. The Hall–Kier alpha value is -2.77. The van der Waals surface area contributed by atoms with Gasteiger partial charge in [0.1, 0.15) is 5.82 Å². The zero-order chi connectivity index (χ0) is 19.8. The number of pyridine rings is 2. The Labute approximate surface area is 177 Å². The standard InChI is InChI=1S/C22H21BrN6/c23-19-3-1-2-14-9-20(26-11-17(14)19)16-8-15(10-27-22(16)24)18-12-28-29-21(18)13-4-6-25-7-5-13/h1-3,8-13,25H,4-7H2,(H2,24,27)(H,28,29). The number of nitrogens with zero attached hydrogens (tertiary/aromatic N) is 3. The molecule has 0 amide bonds. The zero-order valence-corrected chi connectivity index (χ0v) is 17.4. The Morgan fingerprint density at radius 1 is 1.00 bits per heavy atom. The van der Waals surface area contributed by atoms with E-state index in [1.165, 1.54) is 5.69 Å². The number of fused-ring (bicyclic) bond motifs is 1. The maximum Gasteiger partial charge on any atom is 0.132 e. The van der Waals surface area contributed by atoms with E-state index < -0.39 is 0 Å². The smallest absolute Gasteiger partial charge is 0.132 e. The summed E-state index contributed by atoms with van der Waals surface area (Å²) in [4.78, 5) is 9.12. The van der Waals surface area contributed by atoms with Crippen LogP contribution in [0.5, 0.6) is 0 Å². The van der Waals surface area contributed by atoms with Gasteiger partial charge in [-0.25, -0.2) is 4.98 Å². The molecule has 4 heterocycles. The van der Waals surface area contributed by atoms with Gasteiger partial charge in [0.2, 0.25) is 0 Å². The average molecular weight is 449 g/mol. The molecular formula is C22H21BrN6. The Kier molecular flexibility index (Phi) is 4.77. The van der Waals surface area contributed by atoms with Gasteiger partial charge in [0.15, 0.2) is 0 Å². The van der Waals surface area contributed by atoms with Crippen molar-refractivity contribution in [1.82, 2.24) is 25.5 Å². The minimum Gasteiger partial charge on any atom is -0.383 e. The third-order valence-electron chi connectivity index (χ3n) is 5.63. The highest BCUT2D eigenvalue weighted by Gasteiger charge is 2.21. The summed E-state index contributed by atoms with van der Waals surface area (Å²) < 4.78 is 1.03. The highest BCUT2D eigenvalue weighted by molar-refractivity contribution is 9.10. The third kappa shape index (κ3) is 3.41. The largest absolute Gasteiger partial charge is 0.383 e. The molecule has 0 bridgehead atoms. The normalized spacial score (nSPS) is 15.1. The van der Waals surface area contributed by atoms with Crippen LogP contribution in [-0.2, 0) is 0 Å². The van der Waals surface area contributed by atoms with Crippen LogP contribution in [-0.4, -0.2) is 33.3 Å². The van der Waals surface area contributed by atoms with Gasteiger partial charge in [0, 0.05) is 50.6 Å². The summed E-state index contributed by atoms with van der Waals surface area (Å²) in [5, 5.41) is 13.1. The van der Waals surface area contributed by atoms with Crippen LogP contribution in [0.25, 0.3) is 33.2 Å². The van der Waals surface area contributed by atoms with E-state index in [9.17, 15) is 0 Å². The first-order valence-electron chi connectivity index (χ1n) is 9.75. The Morgan fingerprint density at radius 3 is 2.72 bits per heavy atom. The maximum absolute atomic E-state index is 6.24. The summed E-state index contributed by atoms with van der Waals surface area (Å²) in [6, 6.07) is 10.2. The summed E-state index contributed by atoms with van der Waals surface area (Å²) in [6.45, 7) is 2.07. The molecule has 5 rings (SSSR count). The van der Waals surface area contributed by atoms with Gasteiger partial charge in [0.25, 0.3) is 0 Å². The van der Waals surface area contributed by atoms with Crippen LogP contribution in [0.4, 0.5) is 5.82 Å². The van der Waals surface area contributed by atoms with Crippen LogP contribution >= 0.6 is 15.9 Å². The number of anilines is 1. The second-order valence-corrected chi connectivity index (χ2v) is 8.26. The number of halogens is 1. The first-order valence-corrected chi connectivity index (χ1v) is 10.5. The summed E-state index contributed by atoms with van der Waals surface area (Å²) >= 11 is 3.58. The number of hydrogen-bond donors (Lipinski definition) is 3. The minimum absolute atomic E-state index is 0.475. The summed E-state index contributed by atoms with van der Waals surface area (Å²) in [5.41, 5.74) is 11.2. The van der Waals surface area contributed by atoms with E-state index in [4.69, 9.17) is 5.73 Å². The maximum atomic E-state index is 6.24. The molecule has 6 nitrogen and oxygen atoms in total. The van der Waals surface area contributed by atoms with Gasteiger partial charge in [0.05, 0.1) is 11.9 Å². The molecule has 1 aromatic carbocycles. The molecule has 1 aliphatic heterocycles. The number of nitrogens with one attached hydrogen (secondary N) is 2. The van der Waals surface area contributed by atoms with Gasteiger partial charge >= 0.3 is 0 Å². The van der Waals surface area contributed by atoms with Crippen LogP contribution in [0.3, 0.4) is 0 Å². The minimum atomic E-state index is 0.475. The van der Waals surface area contributed by atoms with E-state index >= 15 is 0 Å². The molecule has 0 radical (unpaired) electrons. The van der Waals surface area contributed by atoms with Crippen LogP contribution in [0.1, 0.15) is 24.5 Å². The molecule has 29 heavy (non-hydrogen) atoms. The van der Waals surface area contributed by atoms with Crippen LogP contribution in [0.2, 0.25) is 0 Å². The van der Waals surface area contributed by atoms with Crippen molar-refractivity contribution >= 4 is 32.5 Å². The number of aromatic nitrogens is 4. The van der Waals surface area contributed by atoms with E-state index in [0.29, 0.717) is 11.7 Å². The fourth-order valence-corrected chi connectivity index (χ4v) is 4.54. The number of H-pyrrole nitrogens is 1. The van der Waals surface area contributed by atoms with Crippen molar-refractivity contribution in [3.63, 3.8) is 0 Å². The summed E-state index contributed by atoms with van der Waals surface area (Å²) in [7, 11) is 0. The van der Waals surface area contributed by atoms with Crippen molar-refractivity contribution in [1.29, 1.82) is 0 Å². The number of piperidine rings is 1. The predicted molar refractivity (Wildman–Crippen MR) is 120 cm³/mol. The summed E-state index contributed by atoms with van der Waals surface area (Å²) in [5.74, 6) is 0.952. The van der Waals surface area contributed by atoms with Crippen molar-refractivity contribution < 1.29 is 0 Å². The molecule has 1 fully saturated rings. The molecule has 1 saturated heterocycles. The molecule has 1 aliphatic rings. The fraction of sp³-hybridized carbons (Fsp3) is 0.227. The Bertz CT molecular complexity index is 1180. The molecule has 146 valence electrons. The number of benzene rings is 1. The summed E-state index contributed by atoms with van der Waals surface area (Å²) in [6.07, 6.45) is 7.79. The number of rotatable bonds is 3. The fourth-order valence-electron chi connectivity index (χ4n) is 4.06.